The fourth-order valence-corrected chi connectivity index (χ4v) is 2.29. The lowest BCUT2D eigenvalue weighted by molar-refractivity contribution is 0.0959. The molecule has 0 spiro atoms. The molecule has 1 rings (SSSR count). The maximum Gasteiger partial charge on any atom is 0.261 e. The molecule has 0 bridgehead atoms. The van der Waals surface area contributed by atoms with Crippen LogP contribution in [0.4, 0.5) is 0 Å². The van der Waals surface area contributed by atoms with Gasteiger partial charge in [0.25, 0.3) is 5.91 Å². The van der Waals surface area contributed by atoms with Crippen LogP contribution >= 0.6 is 23.7 Å². The molecule has 86 valence electrons. The number of carbonyl (C=O) groups is 1. The van der Waals surface area contributed by atoms with Crippen LogP contribution in [-0.4, -0.2) is 19.0 Å². The number of rotatable bonds is 4. The van der Waals surface area contributed by atoms with Gasteiger partial charge in [-0.2, -0.15) is 0 Å². The van der Waals surface area contributed by atoms with Crippen LogP contribution in [0.3, 0.4) is 0 Å². The maximum atomic E-state index is 11.5. The van der Waals surface area contributed by atoms with Crippen molar-refractivity contribution in [2.75, 3.05) is 13.1 Å². The monoisotopic (exact) mass is 248 g/mol. The van der Waals surface area contributed by atoms with Crippen LogP contribution in [0, 0.1) is 6.92 Å². The van der Waals surface area contributed by atoms with E-state index in [1.165, 1.54) is 10.4 Å². The summed E-state index contributed by atoms with van der Waals surface area (Å²) >= 11 is 1.54. The topological polar surface area (TPSA) is 55.1 Å². The Bertz CT molecular complexity index is 325. The van der Waals surface area contributed by atoms with Crippen LogP contribution in [-0.2, 0) is 6.42 Å². The molecule has 15 heavy (non-hydrogen) atoms. The number of hydrogen-bond acceptors (Lipinski definition) is 3. The smallest absolute Gasteiger partial charge is 0.261 e. The van der Waals surface area contributed by atoms with Crippen molar-refractivity contribution in [1.29, 1.82) is 0 Å². The second-order valence-corrected chi connectivity index (χ2v) is 4.35. The number of aryl methyl sites for hydroxylation is 2. The third-order valence-corrected chi connectivity index (χ3v) is 3.15. The Morgan fingerprint density at radius 1 is 1.60 bits per heavy atom. The molecule has 0 saturated carbocycles. The van der Waals surface area contributed by atoms with Crippen molar-refractivity contribution in [3.8, 4) is 0 Å². The number of halogens is 1. The van der Waals surface area contributed by atoms with Crippen LogP contribution in [0.5, 0.6) is 0 Å². The van der Waals surface area contributed by atoms with Gasteiger partial charge in [-0.1, -0.05) is 6.92 Å². The van der Waals surface area contributed by atoms with Gasteiger partial charge in [-0.25, -0.2) is 0 Å². The zero-order valence-electron chi connectivity index (χ0n) is 9.00. The zero-order valence-corrected chi connectivity index (χ0v) is 10.6. The molecule has 0 aliphatic heterocycles. The summed E-state index contributed by atoms with van der Waals surface area (Å²) in [5.74, 6) is -0.0109. The van der Waals surface area contributed by atoms with Gasteiger partial charge in [0.2, 0.25) is 0 Å². The number of amides is 1. The fourth-order valence-electron chi connectivity index (χ4n) is 1.26. The van der Waals surface area contributed by atoms with Crippen molar-refractivity contribution in [2.24, 2.45) is 5.73 Å². The first-order chi connectivity index (χ1) is 6.69. The van der Waals surface area contributed by atoms with Crippen molar-refractivity contribution in [3.05, 3.63) is 21.4 Å². The fraction of sp³-hybridized carbons (Fsp3) is 0.500. The summed E-state index contributed by atoms with van der Waals surface area (Å²) in [6, 6.07) is 1.96. The molecule has 0 saturated heterocycles. The Morgan fingerprint density at radius 2 is 2.27 bits per heavy atom. The van der Waals surface area contributed by atoms with Gasteiger partial charge in [-0.05, 0) is 25.0 Å². The van der Waals surface area contributed by atoms with Gasteiger partial charge in [-0.15, -0.1) is 23.7 Å². The van der Waals surface area contributed by atoms with Gasteiger partial charge >= 0.3 is 0 Å². The van der Waals surface area contributed by atoms with Crippen molar-refractivity contribution in [3.63, 3.8) is 0 Å². The first-order valence-electron chi connectivity index (χ1n) is 4.76. The van der Waals surface area contributed by atoms with Crippen molar-refractivity contribution >= 4 is 29.7 Å². The molecule has 0 aromatic carbocycles. The molecule has 1 aromatic rings. The van der Waals surface area contributed by atoms with Crippen LogP contribution in [0.1, 0.15) is 27.0 Å². The van der Waals surface area contributed by atoms with E-state index in [4.69, 9.17) is 5.73 Å². The summed E-state index contributed by atoms with van der Waals surface area (Å²) in [7, 11) is 0. The van der Waals surface area contributed by atoms with E-state index in [0.717, 1.165) is 11.3 Å². The average molecular weight is 249 g/mol. The number of nitrogens with two attached hydrogens (primary N) is 1. The van der Waals surface area contributed by atoms with Crippen molar-refractivity contribution in [1.82, 2.24) is 5.32 Å². The summed E-state index contributed by atoms with van der Waals surface area (Å²) in [5, 5.41) is 2.76. The molecule has 0 radical (unpaired) electrons. The first kappa shape index (κ1) is 14.4. The normalized spacial score (nSPS) is 9.53. The summed E-state index contributed by atoms with van der Waals surface area (Å²) in [5.41, 5.74) is 6.56. The SMILES string of the molecule is CCc1cc(C(=O)NCCN)sc1C.Cl. The van der Waals surface area contributed by atoms with E-state index >= 15 is 0 Å². The van der Waals surface area contributed by atoms with E-state index in [1.807, 2.05) is 13.0 Å². The number of hydrogen-bond donors (Lipinski definition) is 2. The van der Waals surface area contributed by atoms with Gasteiger partial charge in [0.05, 0.1) is 4.88 Å². The van der Waals surface area contributed by atoms with Crippen LogP contribution in [0.15, 0.2) is 6.07 Å². The molecule has 0 fully saturated rings. The summed E-state index contributed by atoms with van der Waals surface area (Å²) in [4.78, 5) is 13.5. The van der Waals surface area contributed by atoms with E-state index in [9.17, 15) is 4.79 Å². The summed E-state index contributed by atoms with van der Waals surface area (Å²) in [6.45, 7) is 5.16. The first-order valence-corrected chi connectivity index (χ1v) is 5.58. The van der Waals surface area contributed by atoms with Crippen molar-refractivity contribution in [2.45, 2.75) is 20.3 Å². The van der Waals surface area contributed by atoms with E-state index in [-0.39, 0.29) is 18.3 Å². The molecule has 0 unspecified atom stereocenters. The number of thiophene rings is 1. The third-order valence-electron chi connectivity index (χ3n) is 2.06. The predicted octanol–water partition coefficient (Wildman–Crippen LogP) is 1.73. The van der Waals surface area contributed by atoms with E-state index in [1.54, 1.807) is 11.3 Å². The van der Waals surface area contributed by atoms with Crippen LogP contribution in [0.2, 0.25) is 0 Å². The van der Waals surface area contributed by atoms with Gasteiger partial charge in [-0.3, -0.25) is 4.79 Å². The molecule has 0 aliphatic carbocycles. The Balaban J connectivity index is 0.00000196. The molecule has 0 aliphatic rings. The van der Waals surface area contributed by atoms with Gasteiger partial charge in [0, 0.05) is 18.0 Å². The number of nitrogens with one attached hydrogen (secondary N) is 1. The lowest BCUT2D eigenvalue weighted by Gasteiger charge is -1.99. The highest BCUT2D eigenvalue weighted by molar-refractivity contribution is 7.14. The largest absolute Gasteiger partial charge is 0.350 e. The second-order valence-electron chi connectivity index (χ2n) is 3.09. The molecule has 5 heteroatoms. The summed E-state index contributed by atoms with van der Waals surface area (Å²) in [6.07, 6.45) is 0.979. The molecule has 3 N–H and O–H groups in total. The standard InChI is InChI=1S/C10H16N2OS.ClH/c1-3-8-6-9(14-7(8)2)10(13)12-5-4-11;/h6H,3-5,11H2,1-2H3,(H,12,13);1H. The molecule has 3 nitrogen and oxygen atoms in total. The van der Waals surface area contributed by atoms with Gasteiger partial charge in [0.1, 0.15) is 0 Å². The maximum absolute atomic E-state index is 11.5. The lowest BCUT2D eigenvalue weighted by atomic mass is 10.2. The highest BCUT2D eigenvalue weighted by Gasteiger charge is 2.10. The highest BCUT2D eigenvalue weighted by Crippen LogP contribution is 2.21. The van der Waals surface area contributed by atoms with Gasteiger partial charge < -0.3 is 11.1 Å². The van der Waals surface area contributed by atoms with Crippen LogP contribution < -0.4 is 11.1 Å². The Hall–Kier alpha value is -0.580. The minimum atomic E-state index is -0.0109. The summed E-state index contributed by atoms with van der Waals surface area (Å²) < 4.78 is 0. The molecular formula is C10H17ClN2OS. The second kappa shape index (κ2) is 6.82. The molecular weight excluding hydrogens is 232 g/mol. The quantitative estimate of drug-likeness (QED) is 0.853. The Morgan fingerprint density at radius 3 is 2.73 bits per heavy atom. The predicted molar refractivity (Wildman–Crippen MR) is 67.1 cm³/mol. The Labute approximate surface area is 100 Å². The van der Waals surface area contributed by atoms with E-state index in [0.29, 0.717) is 13.1 Å². The minimum Gasteiger partial charge on any atom is -0.350 e. The Kier molecular flexibility index (Phi) is 6.56. The van der Waals surface area contributed by atoms with E-state index in [2.05, 4.69) is 12.2 Å². The van der Waals surface area contributed by atoms with Gasteiger partial charge in [0.15, 0.2) is 0 Å². The molecule has 1 heterocycles. The zero-order chi connectivity index (χ0) is 10.6. The number of carbonyl (C=O) groups excluding carboxylic acids is 1. The minimum absolute atomic E-state index is 0. The van der Waals surface area contributed by atoms with Crippen molar-refractivity contribution < 1.29 is 4.79 Å². The average Bonchev–Trinajstić information content (AvgIpc) is 2.56. The molecule has 0 atom stereocenters. The molecule has 1 amide bonds. The lowest BCUT2D eigenvalue weighted by Crippen LogP contribution is -2.28. The van der Waals surface area contributed by atoms with E-state index < -0.39 is 0 Å². The van der Waals surface area contributed by atoms with Crippen LogP contribution in [0.25, 0.3) is 0 Å². The third kappa shape index (κ3) is 3.81. The highest BCUT2D eigenvalue weighted by atomic mass is 35.5. The molecule has 1 aromatic heterocycles.